The van der Waals surface area contributed by atoms with Gasteiger partial charge in [-0.2, -0.15) is 0 Å². The Balaban J connectivity index is 2.37. The summed E-state index contributed by atoms with van der Waals surface area (Å²) in [6, 6.07) is 1.53. The van der Waals surface area contributed by atoms with Gasteiger partial charge in [-0.3, -0.25) is 4.79 Å². The fraction of sp³-hybridized carbons (Fsp3) is 0.444. The average molecular weight is 181 g/mol. The van der Waals surface area contributed by atoms with Gasteiger partial charge in [0.1, 0.15) is 0 Å². The van der Waals surface area contributed by atoms with Gasteiger partial charge in [0.05, 0.1) is 0 Å². The molecule has 0 spiro atoms. The van der Waals surface area contributed by atoms with Crippen molar-refractivity contribution < 1.29 is 0 Å². The van der Waals surface area contributed by atoms with Gasteiger partial charge in [0, 0.05) is 30.6 Å². The summed E-state index contributed by atoms with van der Waals surface area (Å²) < 4.78 is 0. The molecule has 1 aromatic heterocycles. The molecule has 0 fully saturated rings. The summed E-state index contributed by atoms with van der Waals surface area (Å²) in [5.41, 5.74) is 6.16. The predicted molar refractivity (Wildman–Crippen MR) is 52.4 cm³/mol. The molecule has 4 heteroatoms. The van der Waals surface area contributed by atoms with E-state index in [0.717, 1.165) is 18.5 Å². The van der Waals surface area contributed by atoms with Crippen LogP contribution < -0.4 is 16.5 Å². The van der Waals surface area contributed by atoms with E-state index < -0.39 is 0 Å². The lowest BCUT2D eigenvalue weighted by Gasteiger charge is -2.01. The Hall–Kier alpha value is -1.13. The second kappa shape index (κ2) is 5.50. The first-order chi connectivity index (χ1) is 6.34. The Labute approximate surface area is 77.2 Å². The minimum Gasteiger partial charge on any atom is -0.367 e. The van der Waals surface area contributed by atoms with E-state index >= 15 is 0 Å². The Bertz CT molecular complexity index is 295. The van der Waals surface area contributed by atoms with E-state index in [-0.39, 0.29) is 5.43 Å². The first kappa shape index (κ1) is 9.95. The van der Waals surface area contributed by atoms with Crippen LogP contribution in [0.5, 0.6) is 0 Å². The molecule has 4 nitrogen and oxygen atoms in total. The highest BCUT2D eigenvalue weighted by Gasteiger charge is 1.95. The quantitative estimate of drug-likeness (QED) is 0.551. The molecule has 4 N–H and O–H groups in total. The number of nitrogens with one attached hydrogen (secondary N) is 2. The molecule has 0 bridgehead atoms. The van der Waals surface area contributed by atoms with E-state index in [1.165, 1.54) is 6.07 Å². The van der Waals surface area contributed by atoms with Crippen LogP contribution in [0.4, 0.5) is 0 Å². The maximum atomic E-state index is 11.2. The molecule has 0 saturated carbocycles. The summed E-state index contributed by atoms with van der Waals surface area (Å²) in [6.45, 7) is 2.14. The number of rotatable bonds is 5. The minimum absolute atomic E-state index is 0.0685. The standard InChI is InChI=1S/C9H15N3O/c10-3-1-4-11-6-8-7-12-5-2-9(8)13/h2,5,7,11H,1,3-4,6,10H2,(H,12,13). The zero-order valence-corrected chi connectivity index (χ0v) is 7.55. The molecular formula is C9H15N3O. The molecule has 0 radical (unpaired) electrons. The van der Waals surface area contributed by atoms with Gasteiger partial charge >= 0.3 is 0 Å². The van der Waals surface area contributed by atoms with E-state index in [0.29, 0.717) is 13.1 Å². The van der Waals surface area contributed by atoms with E-state index in [2.05, 4.69) is 10.3 Å². The number of aromatic amines is 1. The van der Waals surface area contributed by atoms with Crippen molar-refractivity contribution in [3.05, 3.63) is 34.2 Å². The highest BCUT2D eigenvalue weighted by Crippen LogP contribution is 1.86. The van der Waals surface area contributed by atoms with Crippen molar-refractivity contribution >= 4 is 0 Å². The topological polar surface area (TPSA) is 70.9 Å². The highest BCUT2D eigenvalue weighted by atomic mass is 16.1. The zero-order chi connectivity index (χ0) is 9.52. The molecule has 72 valence electrons. The van der Waals surface area contributed by atoms with Crippen molar-refractivity contribution in [3.8, 4) is 0 Å². The van der Waals surface area contributed by atoms with Crippen LogP contribution in [0.15, 0.2) is 23.3 Å². The Morgan fingerprint density at radius 3 is 3.08 bits per heavy atom. The van der Waals surface area contributed by atoms with Crippen LogP contribution in [0.1, 0.15) is 12.0 Å². The third-order valence-corrected chi connectivity index (χ3v) is 1.78. The maximum absolute atomic E-state index is 11.2. The molecule has 13 heavy (non-hydrogen) atoms. The van der Waals surface area contributed by atoms with Crippen LogP contribution in [0.25, 0.3) is 0 Å². The molecule has 0 unspecified atom stereocenters. The fourth-order valence-corrected chi connectivity index (χ4v) is 1.04. The summed E-state index contributed by atoms with van der Waals surface area (Å²) in [6.07, 6.45) is 4.29. The molecule has 1 aromatic rings. The number of hydrogen-bond donors (Lipinski definition) is 3. The fourth-order valence-electron chi connectivity index (χ4n) is 1.04. The highest BCUT2D eigenvalue weighted by molar-refractivity contribution is 5.08. The summed E-state index contributed by atoms with van der Waals surface area (Å²) in [4.78, 5) is 14.1. The molecule has 0 aromatic carbocycles. The number of H-pyrrole nitrogens is 1. The van der Waals surface area contributed by atoms with Crippen LogP contribution in [0.3, 0.4) is 0 Å². The van der Waals surface area contributed by atoms with Crippen molar-refractivity contribution in [2.45, 2.75) is 13.0 Å². The zero-order valence-electron chi connectivity index (χ0n) is 7.55. The van der Waals surface area contributed by atoms with Gasteiger partial charge in [0.2, 0.25) is 0 Å². The minimum atomic E-state index is 0.0685. The van der Waals surface area contributed by atoms with Gasteiger partial charge in [-0.15, -0.1) is 0 Å². The number of pyridine rings is 1. The first-order valence-corrected chi connectivity index (χ1v) is 4.41. The van der Waals surface area contributed by atoms with E-state index in [9.17, 15) is 4.79 Å². The summed E-state index contributed by atoms with van der Waals surface area (Å²) in [7, 11) is 0. The predicted octanol–water partition coefficient (Wildman–Crippen LogP) is -0.187. The summed E-state index contributed by atoms with van der Waals surface area (Å²) >= 11 is 0. The van der Waals surface area contributed by atoms with Crippen LogP contribution in [0.2, 0.25) is 0 Å². The van der Waals surface area contributed by atoms with Crippen LogP contribution in [-0.4, -0.2) is 18.1 Å². The van der Waals surface area contributed by atoms with Crippen molar-refractivity contribution in [2.24, 2.45) is 5.73 Å². The van der Waals surface area contributed by atoms with Crippen LogP contribution in [-0.2, 0) is 6.54 Å². The van der Waals surface area contributed by atoms with Gasteiger partial charge in [0.25, 0.3) is 0 Å². The van der Waals surface area contributed by atoms with Gasteiger partial charge in [-0.05, 0) is 19.5 Å². The molecule has 0 aliphatic heterocycles. The monoisotopic (exact) mass is 181 g/mol. The number of nitrogens with two attached hydrogens (primary N) is 1. The summed E-state index contributed by atoms with van der Waals surface area (Å²) in [5.74, 6) is 0. The van der Waals surface area contributed by atoms with Crippen molar-refractivity contribution in [3.63, 3.8) is 0 Å². The summed E-state index contributed by atoms with van der Waals surface area (Å²) in [5, 5.41) is 3.14. The van der Waals surface area contributed by atoms with Crippen molar-refractivity contribution in [1.82, 2.24) is 10.3 Å². The van der Waals surface area contributed by atoms with E-state index in [1.54, 1.807) is 12.4 Å². The lowest BCUT2D eigenvalue weighted by atomic mass is 10.2. The number of hydrogen-bond acceptors (Lipinski definition) is 3. The molecule has 0 atom stereocenters. The molecule has 1 heterocycles. The van der Waals surface area contributed by atoms with Gasteiger partial charge in [-0.25, -0.2) is 0 Å². The molecular weight excluding hydrogens is 166 g/mol. The third-order valence-electron chi connectivity index (χ3n) is 1.78. The molecule has 0 aliphatic carbocycles. The van der Waals surface area contributed by atoms with Gasteiger partial charge in [-0.1, -0.05) is 0 Å². The molecule has 0 amide bonds. The lowest BCUT2D eigenvalue weighted by molar-refractivity contribution is 0.652. The van der Waals surface area contributed by atoms with E-state index in [4.69, 9.17) is 5.73 Å². The first-order valence-electron chi connectivity index (χ1n) is 4.41. The van der Waals surface area contributed by atoms with Gasteiger partial charge < -0.3 is 16.0 Å². The normalized spacial score (nSPS) is 10.2. The van der Waals surface area contributed by atoms with Crippen molar-refractivity contribution in [2.75, 3.05) is 13.1 Å². The Kier molecular flexibility index (Phi) is 4.21. The second-order valence-corrected chi connectivity index (χ2v) is 2.85. The lowest BCUT2D eigenvalue weighted by Crippen LogP contribution is -2.21. The average Bonchev–Trinajstić information content (AvgIpc) is 2.15. The molecule has 1 rings (SSSR count). The smallest absolute Gasteiger partial charge is 0.186 e. The third kappa shape index (κ3) is 3.40. The number of aromatic nitrogens is 1. The molecule has 0 aliphatic rings. The van der Waals surface area contributed by atoms with Crippen LogP contribution in [0, 0.1) is 0 Å². The van der Waals surface area contributed by atoms with Gasteiger partial charge in [0.15, 0.2) is 5.43 Å². The second-order valence-electron chi connectivity index (χ2n) is 2.85. The molecule has 0 saturated heterocycles. The van der Waals surface area contributed by atoms with E-state index in [1.807, 2.05) is 0 Å². The Morgan fingerprint density at radius 1 is 1.54 bits per heavy atom. The SMILES string of the molecule is NCCCNCc1c[nH]ccc1=O. The maximum Gasteiger partial charge on any atom is 0.186 e. The Morgan fingerprint density at radius 2 is 2.38 bits per heavy atom. The van der Waals surface area contributed by atoms with Crippen molar-refractivity contribution in [1.29, 1.82) is 0 Å². The largest absolute Gasteiger partial charge is 0.367 e. The van der Waals surface area contributed by atoms with Crippen LogP contribution >= 0.6 is 0 Å².